The van der Waals surface area contributed by atoms with Crippen LogP contribution in [0.25, 0.3) is 10.9 Å². The van der Waals surface area contributed by atoms with Crippen LogP contribution in [-0.2, 0) is 4.79 Å². The Balaban J connectivity index is 1.67. The van der Waals surface area contributed by atoms with Crippen molar-refractivity contribution in [2.24, 2.45) is 0 Å². The fraction of sp³-hybridized carbons (Fsp3) is 0.412. The standard InChI is InChI=1S/C17H21N3O/c21-16(20-11-3-1-2-4-12-20)13-19-15-9-5-7-14-8-6-10-18-17(14)15/h5-10,19H,1-4,11-13H2. The Hall–Kier alpha value is -2.10. The lowest BCUT2D eigenvalue weighted by atomic mass is 10.2. The van der Waals surface area contributed by atoms with E-state index in [1.54, 1.807) is 6.20 Å². The highest BCUT2D eigenvalue weighted by molar-refractivity contribution is 5.92. The molecule has 2 heterocycles. The molecule has 0 spiro atoms. The molecular weight excluding hydrogens is 262 g/mol. The van der Waals surface area contributed by atoms with Crippen molar-refractivity contribution in [1.29, 1.82) is 0 Å². The number of nitrogens with one attached hydrogen (secondary N) is 1. The number of nitrogens with zero attached hydrogens (tertiary/aromatic N) is 2. The van der Waals surface area contributed by atoms with Gasteiger partial charge in [0.05, 0.1) is 17.7 Å². The number of anilines is 1. The zero-order chi connectivity index (χ0) is 14.5. The molecule has 0 unspecified atom stereocenters. The Morgan fingerprint density at radius 3 is 2.67 bits per heavy atom. The molecule has 0 radical (unpaired) electrons. The van der Waals surface area contributed by atoms with E-state index in [1.807, 2.05) is 35.2 Å². The summed E-state index contributed by atoms with van der Waals surface area (Å²) in [6.45, 7) is 2.14. The molecule has 3 rings (SSSR count). The molecule has 0 atom stereocenters. The minimum absolute atomic E-state index is 0.185. The molecule has 2 aromatic rings. The van der Waals surface area contributed by atoms with Crippen molar-refractivity contribution in [2.75, 3.05) is 25.0 Å². The molecule has 21 heavy (non-hydrogen) atoms. The third-order valence-electron chi connectivity index (χ3n) is 4.02. The number of fused-ring (bicyclic) bond motifs is 1. The number of pyridine rings is 1. The van der Waals surface area contributed by atoms with Gasteiger partial charge in [0.15, 0.2) is 0 Å². The van der Waals surface area contributed by atoms with Gasteiger partial charge in [-0.05, 0) is 25.0 Å². The van der Waals surface area contributed by atoms with Gasteiger partial charge >= 0.3 is 0 Å². The van der Waals surface area contributed by atoms with Crippen molar-refractivity contribution in [3.05, 3.63) is 36.5 Å². The number of para-hydroxylation sites is 1. The molecule has 0 bridgehead atoms. The van der Waals surface area contributed by atoms with Crippen LogP contribution in [0, 0.1) is 0 Å². The number of benzene rings is 1. The smallest absolute Gasteiger partial charge is 0.241 e. The van der Waals surface area contributed by atoms with Gasteiger partial charge in [-0.2, -0.15) is 0 Å². The van der Waals surface area contributed by atoms with Crippen molar-refractivity contribution >= 4 is 22.5 Å². The molecule has 4 heteroatoms. The molecule has 1 aromatic heterocycles. The van der Waals surface area contributed by atoms with E-state index >= 15 is 0 Å². The van der Waals surface area contributed by atoms with Gasteiger partial charge in [0.1, 0.15) is 0 Å². The molecule has 1 N–H and O–H groups in total. The maximum Gasteiger partial charge on any atom is 0.241 e. The first-order chi connectivity index (χ1) is 10.3. The first kappa shape index (κ1) is 13.9. The van der Waals surface area contributed by atoms with Crippen LogP contribution in [0.2, 0.25) is 0 Å². The third kappa shape index (κ3) is 3.32. The number of hydrogen-bond acceptors (Lipinski definition) is 3. The van der Waals surface area contributed by atoms with E-state index in [1.165, 1.54) is 12.8 Å². The number of aromatic nitrogens is 1. The number of hydrogen-bond donors (Lipinski definition) is 1. The summed E-state index contributed by atoms with van der Waals surface area (Å²) in [7, 11) is 0. The van der Waals surface area contributed by atoms with Crippen LogP contribution in [-0.4, -0.2) is 35.4 Å². The lowest BCUT2D eigenvalue weighted by Gasteiger charge is -2.20. The first-order valence-electron chi connectivity index (χ1n) is 7.70. The van der Waals surface area contributed by atoms with Crippen molar-refractivity contribution < 1.29 is 4.79 Å². The van der Waals surface area contributed by atoms with E-state index in [0.717, 1.165) is 42.5 Å². The Bertz CT molecular complexity index is 613. The van der Waals surface area contributed by atoms with Gasteiger partial charge < -0.3 is 10.2 Å². The SMILES string of the molecule is O=C(CNc1cccc2cccnc12)N1CCCCCC1. The van der Waals surface area contributed by atoms with E-state index in [-0.39, 0.29) is 5.91 Å². The summed E-state index contributed by atoms with van der Waals surface area (Å²) < 4.78 is 0. The fourth-order valence-electron chi connectivity index (χ4n) is 2.85. The highest BCUT2D eigenvalue weighted by Crippen LogP contribution is 2.20. The highest BCUT2D eigenvalue weighted by Gasteiger charge is 2.15. The van der Waals surface area contributed by atoms with E-state index in [4.69, 9.17) is 0 Å². The van der Waals surface area contributed by atoms with Gasteiger partial charge in [-0.25, -0.2) is 0 Å². The topological polar surface area (TPSA) is 45.2 Å². The molecule has 0 aliphatic carbocycles. The quantitative estimate of drug-likeness (QED) is 0.941. The summed E-state index contributed by atoms with van der Waals surface area (Å²) in [6.07, 6.45) is 6.52. The van der Waals surface area contributed by atoms with E-state index < -0.39 is 0 Å². The molecule has 1 amide bonds. The van der Waals surface area contributed by atoms with Crippen molar-refractivity contribution in [3.8, 4) is 0 Å². The van der Waals surface area contributed by atoms with Gasteiger partial charge in [0.25, 0.3) is 0 Å². The highest BCUT2D eigenvalue weighted by atomic mass is 16.2. The van der Waals surface area contributed by atoms with Gasteiger partial charge in [0, 0.05) is 24.7 Å². The Labute approximate surface area is 125 Å². The summed E-state index contributed by atoms with van der Waals surface area (Å²) in [5.41, 5.74) is 1.85. The minimum atomic E-state index is 0.185. The molecule has 1 fully saturated rings. The van der Waals surface area contributed by atoms with Gasteiger partial charge in [-0.1, -0.05) is 31.0 Å². The third-order valence-corrected chi connectivity index (χ3v) is 4.02. The lowest BCUT2D eigenvalue weighted by molar-refractivity contribution is -0.129. The average molecular weight is 283 g/mol. The normalized spacial score (nSPS) is 15.7. The monoisotopic (exact) mass is 283 g/mol. The molecule has 4 nitrogen and oxygen atoms in total. The largest absolute Gasteiger partial charge is 0.374 e. The molecule has 1 aliphatic heterocycles. The van der Waals surface area contributed by atoms with Crippen molar-refractivity contribution in [1.82, 2.24) is 9.88 Å². The molecule has 110 valence electrons. The van der Waals surface area contributed by atoms with Crippen molar-refractivity contribution in [2.45, 2.75) is 25.7 Å². The molecule has 1 aliphatic rings. The van der Waals surface area contributed by atoms with Gasteiger partial charge in [-0.15, -0.1) is 0 Å². The Morgan fingerprint density at radius 1 is 1.10 bits per heavy atom. The number of carbonyl (C=O) groups excluding carboxylic acids is 1. The second kappa shape index (κ2) is 6.57. The zero-order valence-electron chi connectivity index (χ0n) is 12.2. The lowest BCUT2D eigenvalue weighted by Crippen LogP contribution is -2.36. The number of rotatable bonds is 3. The molecular formula is C17H21N3O. The maximum atomic E-state index is 12.3. The minimum Gasteiger partial charge on any atom is -0.374 e. The fourth-order valence-corrected chi connectivity index (χ4v) is 2.85. The Morgan fingerprint density at radius 2 is 1.86 bits per heavy atom. The second-order valence-electron chi connectivity index (χ2n) is 5.53. The summed E-state index contributed by atoms with van der Waals surface area (Å²) in [6, 6.07) is 9.95. The average Bonchev–Trinajstić information content (AvgIpc) is 2.82. The Kier molecular flexibility index (Phi) is 4.34. The first-order valence-corrected chi connectivity index (χ1v) is 7.70. The van der Waals surface area contributed by atoms with Gasteiger partial charge in [0.2, 0.25) is 5.91 Å². The predicted molar refractivity (Wildman–Crippen MR) is 85.3 cm³/mol. The van der Waals surface area contributed by atoms with E-state index in [2.05, 4.69) is 10.3 Å². The van der Waals surface area contributed by atoms with Crippen LogP contribution in [0.1, 0.15) is 25.7 Å². The summed E-state index contributed by atoms with van der Waals surface area (Å²) in [5.74, 6) is 0.185. The predicted octanol–water partition coefficient (Wildman–Crippen LogP) is 3.05. The number of amides is 1. The summed E-state index contributed by atoms with van der Waals surface area (Å²) >= 11 is 0. The van der Waals surface area contributed by atoms with E-state index in [0.29, 0.717) is 6.54 Å². The summed E-state index contributed by atoms with van der Waals surface area (Å²) in [5, 5.41) is 4.34. The van der Waals surface area contributed by atoms with Crippen LogP contribution in [0.5, 0.6) is 0 Å². The van der Waals surface area contributed by atoms with Crippen LogP contribution in [0.15, 0.2) is 36.5 Å². The maximum absolute atomic E-state index is 12.3. The zero-order valence-corrected chi connectivity index (χ0v) is 12.2. The van der Waals surface area contributed by atoms with Crippen LogP contribution >= 0.6 is 0 Å². The van der Waals surface area contributed by atoms with Crippen molar-refractivity contribution in [3.63, 3.8) is 0 Å². The molecule has 1 aromatic carbocycles. The van der Waals surface area contributed by atoms with Crippen LogP contribution in [0.3, 0.4) is 0 Å². The molecule has 0 saturated carbocycles. The van der Waals surface area contributed by atoms with E-state index in [9.17, 15) is 4.79 Å². The van der Waals surface area contributed by atoms with Crippen LogP contribution < -0.4 is 5.32 Å². The number of likely N-dealkylation sites (tertiary alicyclic amines) is 1. The molecule has 1 saturated heterocycles. The van der Waals surface area contributed by atoms with Crippen LogP contribution in [0.4, 0.5) is 5.69 Å². The number of carbonyl (C=O) groups is 1. The second-order valence-corrected chi connectivity index (χ2v) is 5.53. The van der Waals surface area contributed by atoms with Gasteiger partial charge in [-0.3, -0.25) is 9.78 Å². The summed E-state index contributed by atoms with van der Waals surface area (Å²) in [4.78, 5) is 18.7.